The molecule has 0 spiro atoms. The molecule has 0 saturated carbocycles. The Morgan fingerprint density at radius 1 is 1.00 bits per heavy atom. The molecule has 0 bridgehead atoms. The van der Waals surface area contributed by atoms with Crippen molar-refractivity contribution in [2.75, 3.05) is 5.32 Å². The van der Waals surface area contributed by atoms with Crippen LogP contribution in [0.15, 0.2) is 72.8 Å². The third kappa shape index (κ3) is 4.18. The number of carbonyl (C=O) groups excluding carboxylic acids is 1. The van der Waals surface area contributed by atoms with Gasteiger partial charge in [0, 0.05) is 0 Å². The van der Waals surface area contributed by atoms with Gasteiger partial charge >= 0.3 is 0 Å². The van der Waals surface area contributed by atoms with E-state index in [1.807, 2.05) is 37.3 Å². The minimum Gasteiger partial charge on any atom is -0.506 e. The summed E-state index contributed by atoms with van der Waals surface area (Å²) < 4.78 is 5.84. The Hall–Kier alpha value is -3.27. The van der Waals surface area contributed by atoms with E-state index in [4.69, 9.17) is 4.74 Å². The number of nitrogens with one attached hydrogen (secondary N) is 1. The number of aromatic hydroxyl groups is 1. The quantitative estimate of drug-likeness (QED) is 0.674. The molecule has 0 aromatic heterocycles. The molecule has 2 N–H and O–H groups in total. The number of aryl methyl sites for hydroxylation is 1. The maximum absolute atomic E-state index is 12.6. The Morgan fingerprint density at radius 3 is 2.56 bits per heavy atom. The fourth-order valence-corrected chi connectivity index (χ4v) is 2.51. The van der Waals surface area contributed by atoms with E-state index in [0.717, 1.165) is 11.1 Å². The summed E-state index contributed by atoms with van der Waals surface area (Å²) in [5.41, 5.74) is 2.97. The molecule has 0 atom stereocenters. The van der Waals surface area contributed by atoms with Gasteiger partial charge in [-0.05, 0) is 36.8 Å². The maximum atomic E-state index is 12.6. The van der Waals surface area contributed by atoms with Gasteiger partial charge in [-0.2, -0.15) is 0 Å². The first-order chi connectivity index (χ1) is 12.1. The van der Waals surface area contributed by atoms with E-state index in [2.05, 4.69) is 5.32 Å². The molecule has 3 rings (SSSR count). The molecule has 4 nitrogen and oxygen atoms in total. The number of para-hydroxylation sites is 3. The van der Waals surface area contributed by atoms with Gasteiger partial charge in [-0.25, -0.2) is 0 Å². The van der Waals surface area contributed by atoms with Crippen LogP contribution in [0.3, 0.4) is 0 Å². The van der Waals surface area contributed by atoms with Gasteiger partial charge in [0.15, 0.2) is 0 Å². The van der Waals surface area contributed by atoms with Crippen molar-refractivity contribution in [2.45, 2.75) is 13.5 Å². The second-order valence-electron chi connectivity index (χ2n) is 5.75. The van der Waals surface area contributed by atoms with Crippen molar-refractivity contribution in [3.63, 3.8) is 0 Å². The highest BCUT2D eigenvalue weighted by Gasteiger charge is 2.14. The first-order valence-corrected chi connectivity index (χ1v) is 8.00. The zero-order chi connectivity index (χ0) is 17.6. The maximum Gasteiger partial charge on any atom is 0.259 e. The lowest BCUT2D eigenvalue weighted by Crippen LogP contribution is -2.13. The smallest absolute Gasteiger partial charge is 0.259 e. The molecule has 3 aromatic carbocycles. The average molecular weight is 333 g/mol. The van der Waals surface area contributed by atoms with Crippen LogP contribution in [0.2, 0.25) is 0 Å². The number of phenols is 1. The number of benzene rings is 3. The van der Waals surface area contributed by atoms with E-state index < -0.39 is 0 Å². The van der Waals surface area contributed by atoms with Gasteiger partial charge in [0.1, 0.15) is 18.1 Å². The Kier molecular flexibility index (Phi) is 5.00. The SMILES string of the molecule is Cc1cccc(COc2ccccc2C(=O)Nc2ccccc2O)c1. The number of hydrogen-bond acceptors (Lipinski definition) is 3. The van der Waals surface area contributed by atoms with E-state index in [1.54, 1.807) is 36.4 Å². The lowest BCUT2D eigenvalue weighted by Gasteiger charge is -2.12. The van der Waals surface area contributed by atoms with Gasteiger partial charge in [-0.15, -0.1) is 0 Å². The molecule has 126 valence electrons. The lowest BCUT2D eigenvalue weighted by atomic mass is 10.1. The highest BCUT2D eigenvalue weighted by molar-refractivity contribution is 6.06. The van der Waals surface area contributed by atoms with E-state index >= 15 is 0 Å². The summed E-state index contributed by atoms with van der Waals surface area (Å²) >= 11 is 0. The van der Waals surface area contributed by atoms with E-state index in [1.165, 1.54) is 6.07 Å². The third-order valence-electron chi connectivity index (χ3n) is 3.76. The molecule has 0 aliphatic heterocycles. The summed E-state index contributed by atoms with van der Waals surface area (Å²) in [7, 11) is 0. The monoisotopic (exact) mass is 333 g/mol. The first kappa shape index (κ1) is 16.6. The zero-order valence-corrected chi connectivity index (χ0v) is 13.9. The number of carbonyl (C=O) groups is 1. The highest BCUT2D eigenvalue weighted by atomic mass is 16.5. The van der Waals surface area contributed by atoms with Crippen LogP contribution < -0.4 is 10.1 Å². The van der Waals surface area contributed by atoms with Crippen LogP contribution >= 0.6 is 0 Å². The molecule has 25 heavy (non-hydrogen) atoms. The van der Waals surface area contributed by atoms with Crippen molar-refractivity contribution in [2.24, 2.45) is 0 Å². The van der Waals surface area contributed by atoms with Crippen molar-refractivity contribution in [1.82, 2.24) is 0 Å². The summed E-state index contributed by atoms with van der Waals surface area (Å²) in [6.07, 6.45) is 0. The van der Waals surface area contributed by atoms with Crippen LogP contribution in [-0.2, 0) is 6.61 Å². The molecular weight excluding hydrogens is 314 g/mol. The fourth-order valence-electron chi connectivity index (χ4n) is 2.51. The number of anilines is 1. The fraction of sp³-hybridized carbons (Fsp3) is 0.0952. The minimum absolute atomic E-state index is 0.0222. The predicted molar refractivity (Wildman–Crippen MR) is 98.0 cm³/mol. The second kappa shape index (κ2) is 7.53. The molecule has 0 radical (unpaired) electrons. The number of hydrogen-bond donors (Lipinski definition) is 2. The van der Waals surface area contributed by atoms with E-state index in [0.29, 0.717) is 23.6 Å². The first-order valence-electron chi connectivity index (χ1n) is 8.00. The van der Waals surface area contributed by atoms with Crippen LogP contribution in [-0.4, -0.2) is 11.0 Å². The van der Waals surface area contributed by atoms with E-state index in [-0.39, 0.29) is 11.7 Å². The number of amides is 1. The second-order valence-corrected chi connectivity index (χ2v) is 5.75. The molecular formula is C21H19NO3. The van der Waals surface area contributed by atoms with Gasteiger partial charge in [-0.1, -0.05) is 54.1 Å². The summed E-state index contributed by atoms with van der Waals surface area (Å²) in [6.45, 7) is 2.40. The average Bonchev–Trinajstić information content (AvgIpc) is 2.62. The summed E-state index contributed by atoms with van der Waals surface area (Å²) in [4.78, 5) is 12.6. The summed E-state index contributed by atoms with van der Waals surface area (Å²) in [6, 6.07) is 21.7. The minimum atomic E-state index is -0.332. The van der Waals surface area contributed by atoms with Gasteiger partial charge in [0.25, 0.3) is 5.91 Å². The molecule has 0 heterocycles. The van der Waals surface area contributed by atoms with Crippen LogP contribution in [0.5, 0.6) is 11.5 Å². The van der Waals surface area contributed by atoms with Crippen molar-refractivity contribution in [3.05, 3.63) is 89.5 Å². The molecule has 0 fully saturated rings. The van der Waals surface area contributed by atoms with Crippen molar-refractivity contribution < 1.29 is 14.6 Å². The molecule has 3 aromatic rings. The van der Waals surface area contributed by atoms with Gasteiger partial charge < -0.3 is 15.2 Å². The highest BCUT2D eigenvalue weighted by Crippen LogP contribution is 2.25. The molecule has 4 heteroatoms. The Labute approximate surface area is 146 Å². The van der Waals surface area contributed by atoms with Crippen molar-refractivity contribution >= 4 is 11.6 Å². The van der Waals surface area contributed by atoms with Crippen LogP contribution in [0.25, 0.3) is 0 Å². The van der Waals surface area contributed by atoms with Crippen molar-refractivity contribution in [3.8, 4) is 11.5 Å². The van der Waals surface area contributed by atoms with Gasteiger partial charge in [-0.3, -0.25) is 4.79 Å². The Balaban J connectivity index is 1.76. The predicted octanol–water partition coefficient (Wildman–Crippen LogP) is 4.53. The topological polar surface area (TPSA) is 58.6 Å². The third-order valence-corrected chi connectivity index (χ3v) is 3.76. The molecule has 0 aliphatic carbocycles. The molecule has 0 saturated heterocycles. The van der Waals surface area contributed by atoms with Crippen LogP contribution in [0.1, 0.15) is 21.5 Å². The zero-order valence-electron chi connectivity index (χ0n) is 13.9. The number of ether oxygens (including phenoxy) is 1. The largest absolute Gasteiger partial charge is 0.506 e. The van der Waals surface area contributed by atoms with E-state index in [9.17, 15) is 9.90 Å². The lowest BCUT2D eigenvalue weighted by molar-refractivity contribution is 0.102. The molecule has 1 amide bonds. The van der Waals surface area contributed by atoms with Crippen molar-refractivity contribution in [1.29, 1.82) is 0 Å². The Morgan fingerprint density at radius 2 is 1.76 bits per heavy atom. The normalized spacial score (nSPS) is 10.3. The number of rotatable bonds is 5. The summed E-state index contributed by atoms with van der Waals surface area (Å²) in [5, 5.41) is 12.5. The molecule has 0 aliphatic rings. The molecule has 0 unspecified atom stereocenters. The number of phenolic OH excluding ortho intramolecular Hbond substituents is 1. The van der Waals surface area contributed by atoms with Crippen LogP contribution in [0.4, 0.5) is 5.69 Å². The summed E-state index contributed by atoms with van der Waals surface area (Å²) in [5.74, 6) is 0.187. The van der Waals surface area contributed by atoms with Crippen LogP contribution in [0, 0.1) is 6.92 Å². The van der Waals surface area contributed by atoms with Gasteiger partial charge in [0.05, 0.1) is 11.3 Å². The van der Waals surface area contributed by atoms with Gasteiger partial charge in [0.2, 0.25) is 0 Å². The Bertz CT molecular complexity index is 890. The standard InChI is InChI=1S/C21H19NO3/c1-15-7-6-8-16(13-15)14-25-20-12-5-2-9-17(20)21(24)22-18-10-3-4-11-19(18)23/h2-13,23H,14H2,1H3,(H,22,24).